The van der Waals surface area contributed by atoms with Gasteiger partial charge in [-0.25, -0.2) is 4.79 Å². The third kappa shape index (κ3) is 4.92. The maximum Gasteiger partial charge on any atom is 0.339 e. The minimum absolute atomic E-state index is 0.223. The summed E-state index contributed by atoms with van der Waals surface area (Å²) in [6.07, 6.45) is -0.373. The molecule has 0 fully saturated rings. The van der Waals surface area contributed by atoms with E-state index < -0.39 is 17.8 Å². The van der Waals surface area contributed by atoms with E-state index in [-0.39, 0.29) is 12.0 Å². The molecule has 124 valence electrons. The van der Waals surface area contributed by atoms with E-state index >= 15 is 0 Å². The number of para-hydroxylation sites is 1. The quantitative estimate of drug-likeness (QED) is 0.606. The summed E-state index contributed by atoms with van der Waals surface area (Å²) in [4.78, 5) is 35.6. The van der Waals surface area contributed by atoms with Crippen molar-refractivity contribution in [1.82, 2.24) is 0 Å². The zero-order chi connectivity index (χ0) is 17.5. The number of benzene rings is 2. The standard InChI is InChI=1S/C17H15BrN2O4/c1-24-17(23)13-7-2-3-8-14(13)20-16(22)10-15(21)19-12-6-4-5-11(18)9-12/h2-9H,10H2,1H3,(H,19,21)(H,20,22). The van der Waals surface area contributed by atoms with Crippen LogP contribution in [0.3, 0.4) is 0 Å². The average molecular weight is 391 g/mol. The predicted molar refractivity (Wildman–Crippen MR) is 93.8 cm³/mol. The van der Waals surface area contributed by atoms with E-state index in [4.69, 9.17) is 0 Å². The van der Waals surface area contributed by atoms with Crippen LogP contribution in [0.2, 0.25) is 0 Å². The van der Waals surface area contributed by atoms with Crippen molar-refractivity contribution in [2.45, 2.75) is 6.42 Å². The van der Waals surface area contributed by atoms with E-state index in [9.17, 15) is 14.4 Å². The topological polar surface area (TPSA) is 84.5 Å². The van der Waals surface area contributed by atoms with Gasteiger partial charge in [0, 0.05) is 10.2 Å². The molecule has 0 aromatic heterocycles. The molecule has 0 saturated heterocycles. The minimum atomic E-state index is -0.565. The Morgan fingerprint density at radius 3 is 2.42 bits per heavy atom. The predicted octanol–water partition coefficient (Wildman–Crippen LogP) is 3.20. The zero-order valence-electron chi connectivity index (χ0n) is 12.8. The molecule has 0 unspecified atom stereocenters. The molecule has 2 aromatic rings. The van der Waals surface area contributed by atoms with E-state index in [1.165, 1.54) is 13.2 Å². The summed E-state index contributed by atoms with van der Waals surface area (Å²) in [5, 5.41) is 5.17. The van der Waals surface area contributed by atoms with Gasteiger partial charge in [-0.2, -0.15) is 0 Å². The van der Waals surface area contributed by atoms with Crippen LogP contribution in [0.15, 0.2) is 53.0 Å². The molecule has 0 bridgehead atoms. The fraction of sp³-hybridized carbons (Fsp3) is 0.118. The Balaban J connectivity index is 1.98. The molecular formula is C17H15BrN2O4. The molecule has 7 heteroatoms. The average Bonchev–Trinajstić information content (AvgIpc) is 2.54. The molecule has 0 atom stereocenters. The second-order valence-corrected chi connectivity index (χ2v) is 5.74. The first kappa shape index (κ1) is 17.7. The van der Waals surface area contributed by atoms with Crippen LogP contribution in [-0.4, -0.2) is 24.9 Å². The highest BCUT2D eigenvalue weighted by molar-refractivity contribution is 9.10. The smallest absolute Gasteiger partial charge is 0.339 e. The van der Waals surface area contributed by atoms with Gasteiger partial charge in [0.25, 0.3) is 0 Å². The van der Waals surface area contributed by atoms with Crippen molar-refractivity contribution in [2.75, 3.05) is 17.7 Å². The molecule has 6 nitrogen and oxygen atoms in total. The summed E-state index contributed by atoms with van der Waals surface area (Å²) in [5.41, 5.74) is 1.10. The molecule has 0 aliphatic rings. The number of nitrogens with one attached hydrogen (secondary N) is 2. The van der Waals surface area contributed by atoms with E-state index in [1.807, 2.05) is 6.07 Å². The van der Waals surface area contributed by atoms with E-state index in [0.29, 0.717) is 11.4 Å². The number of carbonyl (C=O) groups excluding carboxylic acids is 3. The van der Waals surface area contributed by atoms with Crippen LogP contribution in [-0.2, 0) is 14.3 Å². The molecule has 0 spiro atoms. The summed E-state index contributed by atoms with van der Waals surface area (Å²) in [6.45, 7) is 0. The number of hydrogen-bond acceptors (Lipinski definition) is 4. The van der Waals surface area contributed by atoms with Gasteiger partial charge in [-0.1, -0.05) is 34.1 Å². The first-order chi connectivity index (χ1) is 11.5. The van der Waals surface area contributed by atoms with Gasteiger partial charge in [0.15, 0.2) is 0 Å². The maximum absolute atomic E-state index is 12.0. The second-order valence-electron chi connectivity index (χ2n) is 4.82. The number of ether oxygens (including phenoxy) is 1. The lowest BCUT2D eigenvalue weighted by Gasteiger charge is -2.10. The fourth-order valence-electron chi connectivity index (χ4n) is 1.99. The summed E-state index contributed by atoms with van der Waals surface area (Å²) in [5.74, 6) is -1.55. The van der Waals surface area contributed by atoms with Crippen molar-refractivity contribution in [1.29, 1.82) is 0 Å². The van der Waals surface area contributed by atoms with Gasteiger partial charge in [-0.05, 0) is 30.3 Å². The van der Waals surface area contributed by atoms with Gasteiger partial charge < -0.3 is 15.4 Å². The number of methoxy groups -OCH3 is 1. The van der Waals surface area contributed by atoms with Crippen molar-refractivity contribution >= 4 is 45.1 Å². The maximum atomic E-state index is 12.0. The largest absolute Gasteiger partial charge is 0.465 e. The van der Waals surface area contributed by atoms with Gasteiger partial charge in [0.2, 0.25) is 11.8 Å². The molecule has 0 aliphatic carbocycles. The number of anilines is 2. The van der Waals surface area contributed by atoms with Crippen LogP contribution >= 0.6 is 15.9 Å². The normalized spacial score (nSPS) is 9.92. The Bertz CT molecular complexity index is 777. The lowest BCUT2D eigenvalue weighted by molar-refractivity contribution is -0.123. The van der Waals surface area contributed by atoms with Gasteiger partial charge in [0.05, 0.1) is 18.4 Å². The van der Waals surface area contributed by atoms with Crippen LogP contribution in [0.5, 0.6) is 0 Å². The van der Waals surface area contributed by atoms with Crippen LogP contribution < -0.4 is 10.6 Å². The van der Waals surface area contributed by atoms with Gasteiger partial charge in [-0.3, -0.25) is 9.59 Å². The Morgan fingerprint density at radius 1 is 1.00 bits per heavy atom. The van der Waals surface area contributed by atoms with Crippen LogP contribution in [0.4, 0.5) is 11.4 Å². The summed E-state index contributed by atoms with van der Waals surface area (Å²) in [7, 11) is 1.26. The number of rotatable bonds is 5. The molecule has 2 N–H and O–H groups in total. The van der Waals surface area contributed by atoms with Gasteiger partial charge in [-0.15, -0.1) is 0 Å². The van der Waals surface area contributed by atoms with Crippen molar-refractivity contribution in [3.05, 3.63) is 58.6 Å². The van der Waals surface area contributed by atoms with Gasteiger partial charge in [0.1, 0.15) is 6.42 Å². The van der Waals surface area contributed by atoms with E-state index in [2.05, 4.69) is 31.3 Å². The number of hydrogen-bond donors (Lipinski definition) is 2. The minimum Gasteiger partial charge on any atom is -0.465 e. The van der Waals surface area contributed by atoms with Crippen LogP contribution in [0, 0.1) is 0 Å². The summed E-state index contributed by atoms with van der Waals surface area (Å²) < 4.78 is 5.47. The highest BCUT2D eigenvalue weighted by Gasteiger charge is 2.15. The highest BCUT2D eigenvalue weighted by Crippen LogP contribution is 2.17. The highest BCUT2D eigenvalue weighted by atomic mass is 79.9. The number of halogens is 1. The Hall–Kier alpha value is -2.67. The first-order valence-corrected chi connectivity index (χ1v) is 7.81. The molecule has 0 aliphatic heterocycles. The van der Waals surface area contributed by atoms with Crippen molar-refractivity contribution in [2.24, 2.45) is 0 Å². The lowest BCUT2D eigenvalue weighted by Crippen LogP contribution is -2.22. The zero-order valence-corrected chi connectivity index (χ0v) is 14.4. The third-order valence-electron chi connectivity index (χ3n) is 3.04. The molecule has 0 heterocycles. The molecule has 2 aromatic carbocycles. The summed E-state index contributed by atoms with van der Waals surface area (Å²) >= 11 is 3.30. The molecule has 2 amide bonds. The molecular weight excluding hydrogens is 376 g/mol. The van der Waals surface area contributed by atoms with Crippen LogP contribution in [0.25, 0.3) is 0 Å². The van der Waals surface area contributed by atoms with Crippen molar-refractivity contribution in [3.63, 3.8) is 0 Å². The van der Waals surface area contributed by atoms with Crippen molar-refractivity contribution < 1.29 is 19.1 Å². The molecule has 24 heavy (non-hydrogen) atoms. The molecule has 2 rings (SSSR count). The monoisotopic (exact) mass is 390 g/mol. The third-order valence-corrected chi connectivity index (χ3v) is 3.53. The Morgan fingerprint density at radius 2 is 1.71 bits per heavy atom. The lowest BCUT2D eigenvalue weighted by atomic mass is 10.1. The first-order valence-electron chi connectivity index (χ1n) is 7.02. The van der Waals surface area contributed by atoms with E-state index in [0.717, 1.165) is 4.47 Å². The molecule has 0 saturated carbocycles. The van der Waals surface area contributed by atoms with Crippen LogP contribution in [0.1, 0.15) is 16.8 Å². The summed E-state index contributed by atoms with van der Waals surface area (Å²) in [6, 6.07) is 13.5. The SMILES string of the molecule is COC(=O)c1ccccc1NC(=O)CC(=O)Nc1cccc(Br)c1. The van der Waals surface area contributed by atoms with E-state index in [1.54, 1.807) is 36.4 Å². The molecule has 0 radical (unpaired) electrons. The Kier molecular flexibility index (Phi) is 6.08. The number of amides is 2. The van der Waals surface area contributed by atoms with Crippen molar-refractivity contribution in [3.8, 4) is 0 Å². The Labute approximate surface area is 147 Å². The number of esters is 1. The van der Waals surface area contributed by atoms with Gasteiger partial charge >= 0.3 is 5.97 Å². The number of carbonyl (C=O) groups is 3. The second kappa shape index (κ2) is 8.26. The fourth-order valence-corrected chi connectivity index (χ4v) is 2.39.